The SMILES string of the molecule is [B][C@@H]1O[C@H](COC)C(OP(O)(=S)CC)[C@@H]1OCCCO. The van der Waals surface area contributed by atoms with Crippen LogP contribution in [0.15, 0.2) is 0 Å². The monoisotopic (exact) mass is 324 g/mol. The molecule has 9 heteroatoms. The maximum atomic E-state index is 10.0. The minimum Gasteiger partial charge on any atom is -0.396 e. The summed E-state index contributed by atoms with van der Waals surface area (Å²) in [6, 6.07) is -0.675. The minimum atomic E-state index is -2.87. The second kappa shape index (κ2) is 8.81. The first-order valence-corrected chi connectivity index (χ1v) is 9.43. The molecule has 1 rings (SSSR count). The van der Waals surface area contributed by atoms with Gasteiger partial charge in [-0.15, -0.1) is 0 Å². The predicted octanol–water partition coefficient (Wildman–Crippen LogP) is 0.000700. The fraction of sp³-hybridized carbons (Fsp3) is 1.00. The van der Waals surface area contributed by atoms with Gasteiger partial charge in [-0.25, -0.2) is 0 Å². The molecule has 5 atom stereocenters. The van der Waals surface area contributed by atoms with Crippen LogP contribution in [0.4, 0.5) is 0 Å². The Balaban J connectivity index is 2.74. The molecule has 2 unspecified atom stereocenters. The van der Waals surface area contributed by atoms with E-state index >= 15 is 0 Å². The zero-order valence-electron chi connectivity index (χ0n) is 11.8. The highest BCUT2D eigenvalue weighted by molar-refractivity contribution is 8.09. The Morgan fingerprint density at radius 2 is 2.10 bits per heavy atom. The van der Waals surface area contributed by atoms with Crippen LogP contribution < -0.4 is 0 Å². The highest BCUT2D eigenvalue weighted by Gasteiger charge is 2.45. The van der Waals surface area contributed by atoms with Crippen LogP contribution in [0.2, 0.25) is 0 Å². The van der Waals surface area contributed by atoms with Crippen LogP contribution in [-0.2, 0) is 30.5 Å². The summed E-state index contributed by atoms with van der Waals surface area (Å²) >= 11 is 5.06. The van der Waals surface area contributed by atoms with E-state index in [4.69, 9.17) is 43.5 Å². The lowest BCUT2D eigenvalue weighted by atomic mass is 9.93. The number of hydrogen-bond donors (Lipinski definition) is 2. The van der Waals surface area contributed by atoms with E-state index in [2.05, 4.69) is 0 Å². The van der Waals surface area contributed by atoms with Crippen LogP contribution in [0.3, 0.4) is 0 Å². The molecule has 116 valence electrons. The highest BCUT2D eigenvalue weighted by Crippen LogP contribution is 2.46. The van der Waals surface area contributed by atoms with Crippen molar-refractivity contribution in [3.63, 3.8) is 0 Å². The Morgan fingerprint density at radius 3 is 2.65 bits per heavy atom. The van der Waals surface area contributed by atoms with Crippen molar-refractivity contribution in [2.45, 2.75) is 37.7 Å². The second-order valence-electron chi connectivity index (χ2n) is 4.53. The van der Waals surface area contributed by atoms with Crippen molar-refractivity contribution < 1.29 is 28.7 Å². The van der Waals surface area contributed by atoms with Gasteiger partial charge >= 0.3 is 0 Å². The van der Waals surface area contributed by atoms with Gasteiger partial charge in [0.25, 0.3) is 0 Å². The summed E-state index contributed by atoms with van der Waals surface area (Å²) in [5.41, 5.74) is 0. The van der Waals surface area contributed by atoms with Crippen LogP contribution in [0.5, 0.6) is 0 Å². The molecule has 1 aliphatic rings. The average Bonchev–Trinajstić information content (AvgIpc) is 2.67. The van der Waals surface area contributed by atoms with Crippen molar-refractivity contribution in [1.82, 2.24) is 0 Å². The van der Waals surface area contributed by atoms with Crippen LogP contribution in [-0.4, -0.2) is 75.3 Å². The quantitative estimate of drug-likeness (QED) is 0.351. The van der Waals surface area contributed by atoms with Gasteiger partial charge in [-0.1, -0.05) is 6.92 Å². The van der Waals surface area contributed by atoms with Gasteiger partial charge in [-0.3, -0.25) is 0 Å². The van der Waals surface area contributed by atoms with E-state index in [1.807, 2.05) is 0 Å². The lowest BCUT2D eigenvalue weighted by molar-refractivity contribution is -0.0227. The Labute approximate surface area is 126 Å². The Bertz CT molecular complexity index is 334. The van der Waals surface area contributed by atoms with Crippen molar-refractivity contribution in [3.8, 4) is 0 Å². The first-order valence-electron chi connectivity index (χ1n) is 6.57. The van der Waals surface area contributed by atoms with Crippen LogP contribution in [0.1, 0.15) is 13.3 Å². The molecule has 0 aliphatic carbocycles. The van der Waals surface area contributed by atoms with E-state index in [0.717, 1.165) is 0 Å². The minimum absolute atomic E-state index is 0.0305. The lowest BCUT2D eigenvalue weighted by Gasteiger charge is -2.27. The summed E-state index contributed by atoms with van der Waals surface area (Å²) < 4.78 is 21.9. The number of aliphatic hydroxyl groups is 1. The standard InChI is InChI=1S/C11H22BO6PS/c1-3-19(14,20)18-9-8(7-15-2)17-11(12)10(9)16-6-4-5-13/h8-11,13H,3-7H2,1-2H3,(H,14,20)/t8-,9?,10+,11-,19?/m1/s1. The molecule has 1 saturated heterocycles. The number of methoxy groups -OCH3 is 1. The summed E-state index contributed by atoms with van der Waals surface area (Å²) in [5, 5.41) is 8.79. The van der Waals surface area contributed by atoms with Gasteiger partial charge < -0.3 is 28.7 Å². The number of rotatable bonds is 9. The zero-order chi connectivity index (χ0) is 15.2. The molecule has 1 aliphatic heterocycles. The molecular formula is C11H22BO6PS. The molecule has 20 heavy (non-hydrogen) atoms. The van der Waals surface area contributed by atoms with E-state index in [9.17, 15) is 4.89 Å². The Hall–Kier alpha value is 0.475. The first-order chi connectivity index (χ1) is 9.45. The van der Waals surface area contributed by atoms with Gasteiger partial charge in [-0.05, 0) is 18.2 Å². The summed E-state index contributed by atoms with van der Waals surface area (Å²) in [4.78, 5) is 10.0. The van der Waals surface area contributed by atoms with Crippen LogP contribution in [0.25, 0.3) is 0 Å². The Kier molecular flexibility index (Phi) is 8.16. The van der Waals surface area contributed by atoms with E-state index in [1.54, 1.807) is 14.0 Å². The van der Waals surface area contributed by atoms with Gasteiger partial charge in [0.05, 0.1) is 6.61 Å². The topological polar surface area (TPSA) is 77.4 Å². The summed E-state index contributed by atoms with van der Waals surface area (Å²) in [7, 11) is 7.43. The van der Waals surface area contributed by atoms with E-state index in [1.165, 1.54) is 0 Å². The van der Waals surface area contributed by atoms with Crippen molar-refractivity contribution >= 4 is 26.1 Å². The summed E-state index contributed by atoms with van der Waals surface area (Å²) in [6.07, 6.45) is -0.694. The molecule has 6 nitrogen and oxygen atoms in total. The normalized spacial score (nSPS) is 33.2. The molecule has 0 aromatic carbocycles. The third-order valence-corrected chi connectivity index (χ3v) is 5.38. The third kappa shape index (κ3) is 5.35. The lowest BCUT2D eigenvalue weighted by Crippen LogP contribution is -2.39. The molecule has 2 N–H and O–H groups in total. The van der Waals surface area contributed by atoms with Gasteiger partial charge in [0.2, 0.25) is 0 Å². The third-order valence-electron chi connectivity index (χ3n) is 2.98. The fourth-order valence-corrected chi connectivity index (χ4v) is 3.00. The second-order valence-corrected chi connectivity index (χ2v) is 8.36. The molecule has 0 bridgehead atoms. The molecular weight excluding hydrogens is 302 g/mol. The number of hydrogen-bond acceptors (Lipinski definition) is 6. The van der Waals surface area contributed by atoms with Gasteiger partial charge in [0.1, 0.15) is 26.2 Å². The molecule has 0 aromatic rings. The van der Waals surface area contributed by atoms with Crippen molar-refractivity contribution in [2.75, 3.05) is 33.1 Å². The highest BCUT2D eigenvalue weighted by atomic mass is 32.5. The summed E-state index contributed by atoms with van der Waals surface area (Å²) in [5.74, 6) is 0. The largest absolute Gasteiger partial charge is 0.396 e. The molecule has 2 radical (unpaired) electrons. The maximum absolute atomic E-state index is 10.0. The molecule has 0 aromatic heterocycles. The van der Waals surface area contributed by atoms with E-state index < -0.39 is 30.8 Å². The fourth-order valence-electron chi connectivity index (χ4n) is 1.92. The Morgan fingerprint density at radius 1 is 1.40 bits per heavy atom. The average molecular weight is 324 g/mol. The van der Waals surface area contributed by atoms with Crippen LogP contribution in [0, 0.1) is 0 Å². The zero-order valence-corrected chi connectivity index (χ0v) is 13.5. The van der Waals surface area contributed by atoms with Crippen LogP contribution >= 0.6 is 6.49 Å². The molecule has 1 heterocycles. The molecule has 0 spiro atoms. The first kappa shape index (κ1) is 18.5. The van der Waals surface area contributed by atoms with Crippen molar-refractivity contribution in [2.24, 2.45) is 0 Å². The van der Waals surface area contributed by atoms with E-state index in [-0.39, 0.29) is 13.2 Å². The number of ether oxygens (including phenoxy) is 3. The van der Waals surface area contributed by atoms with Gasteiger partial charge in [0, 0.05) is 32.5 Å². The smallest absolute Gasteiger partial charge is 0.186 e. The molecule has 0 saturated carbocycles. The van der Waals surface area contributed by atoms with Crippen molar-refractivity contribution in [1.29, 1.82) is 0 Å². The maximum Gasteiger partial charge on any atom is 0.186 e. The van der Waals surface area contributed by atoms with Gasteiger partial charge in [-0.2, -0.15) is 0 Å². The summed E-state index contributed by atoms with van der Waals surface area (Å²) in [6.45, 7) is -0.469. The van der Waals surface area contributed by atoms with Gasteiger partial charge in [0.15, 0.2) is 6.49 Å². The van der Waals surface area contributed by atoms with E-state index in [0.29, 0.717) is 19.2 Å². The number of aliphatic hydroxyl groups excluding tert-OH is 1. The van der Waals surface area contributed by atoms with Crippen molar-refractivity contribution in [3.05, 3.63) is 0 Å². The molecule has 1 fully saturated rings. The molecule has 0 amide bonds. The predicted molar refractivity (Wildman–Crippen MR) is 79.7 cm³/mol.